The number of aliphatic hydroxyl groups is 3. The summed E-state index contributed by atoms with van der Waals surface area (Å²) in [6.45, 7) is 0. The smallest absolute Gasteiger partial charge is 0.295 e. The Hall–Kier alpha value is 0.750. The van der Waals surface area contributed by atoms with E-state index < -0.39 is 16.2 Å². The van der Waals surface area contributed by atoms with Gasteiger partial charge in [-0.1, -0.05) is 0 Å². The fraction of sp³-hybridized carbons (Fsp3) is 1.00. The van der Waals surface area contributed by atoms with Gasteiger partial charge in [-0.25, -0.2) is 0 Å². The topological polar surface area (TPSA) is 60.7 Å². The van der Waals surface area contributed by atoms with Gasteiger partial charge in [-0.05, 0) is 0 Å². The average molecular weight is 195 g/mol. The van der Waals surface area contributed by atoms with Gasteiger partial charge >= 0.3 is 0 Å². The third-order valence-electron chi connectivity index (χ3n) is 0.591. The number of hydrogen-bond donors (Lipinski definition) is 3. The van der Waals surface area contributed by atoms with E-state index in [9.17, 15) is 0 Å². The molecule has 56 valence electrons. The summed E-state index contributed by atoms with van der Waals surface area (Å²) in [6, 6.07) is 0. The van der Waals surface area contributed by atoms with Crippen LogP contribution in [-0.2, 0) is 0 Å². The molecule has 0 saturated heterocycles. The zero-order valence-corrected chi connectivity index (χ0v) is 6.40. The summed E-state index contributed by atoms with van der Waals surface area (Å²) in [6.07, 6.45) is 0. The van der Waals surface area contributed by atoms with Gasteiger partial charge in [0.15, 0.2) is 0 Å². The molecule has 0 aromatic heterocycles. The average Bonchev–Trinajstić information content (AvgIpc) is 1.62. The molecule has 0 aromatic carbocycles. The molecule has 0 rings (SSSR count). The minimum atomic E-state index is -3.02. The van der Waals surface area contributed by atoms with E-state index in [1.807, 2.05) is 0 Å². The molecule has 1 unspecified atom stereocenters. The highest BCUT2D eigenvalue weighted by Gasteiger charge is 2.35. The zero-order valence-electron chi connectivity index (χ0n) is 4.13. The summed E-state index contributed by atoms with van der Waals surface area (Å²) in [5.74, 6) is -3.02. The molecule has 6 heteroatoms. The van der Waals surface area contributed by atoms with Crippen molar-refractivity contribution < 1.29 is 15.3 Å². The summed E-state index contributed by atoms with van der Waals surface area (Å²) < 4.78 is 0. The van der Waals surface area contributed by atoms with Gasteiger partial charge in [0.05, 0.1) is 0 Å². The minimum absolute atomic E-state index is 1.23. The molecule has 3 nitrogen and oxygen atoms in total. The Labute approximate surface area is 66.8 Å². The van der Waals surface area contributed by atoms with E-state index in [4.69, 9.17) is 50.1 Å². The van der Waals surface area contributed by atoms with Crippen molar-refractivity contribution >= 4 is 34.8 Å². The van der Waals surface area contributed by atoms with Crippen LogP contribution in [0.4, 0.5) is 0 Å². The van der Waals surface area contributed by atoms with Crippen LogP contribution in [0.5, 0.6) is 0 Å². The Kier molecular flexibility index (Phi) is 3.50. The van der Waals surface area contributed by atoms with E-state index in [2.05, 4.69) is 0 Å². The number of rotatable bonds is 2. The van der Waals surface area contributed by atoms with Gasteiger partial charge in [0.1, 0.15) is 10.2 Å². The molecule has 0 aliphatic heterocycles. The molecule has 0 bridgehead atoms. The highest BCUT2D eigenvalue weighted by atomic mass is 35.5. The van der Waals surface area contributed by atoms with Gasteiger partial charge in [0.2, 0.25) is 0 Å². The largest absolute Gasteiger partial charge is 0.342 e. The van der Waals surface area contributed by atoms with E-state index >= 15 is 0 Å². The van der Waals surface area contributed by atoms with Gasteiger partial charge in [0.25, 0.3) is 5.97 Å². The molecule has 0 heterocycles. The second-order valence-corrected chi connectivity index (χ2v) is 3.06. The molecule has 0 saturated carbocycles. The summed E-state index contributed by atoms with van der Waals surface area (Å²) >= 11 is 15.2. The van der Waals surface area contributed by atoms with Crippen LogP contribution in [-0.4, -0.2) is 31.5 Å². The molecule has 9 heavy (non-hydrogen) atoms. The Balaban J connectivity index is 3.88. The summed E-state index contributed by atoms with van der Waals surface area (Å²) in [7, 11) is 0. The predicted molar refractivity (Wildman–Crippen MR) is 34.5 cm³/mol. The fourth-order valence-electron chi connectivity index (χ4n) is 0.169. The maximum atomic E-state index is 8.27. The van der Waals surface area contributed by atoms with Crippen molar-refractivity contribution in [2.24, 2.45) is 0 Å². The quantitative estimate of drug-likeness (QED) is 0.430. The molecule has 0 amide bonds. The lowest BCUT2D eigenvalue weighted by atomic mass is 10.4. The number of hydrogen-bond acceptors (Lipinski definition) is 3. The van der Waals surface area contributed by atoms with E-state index in [1.54, 1.807) is 0 Å². The molecule has 1 atom stereocenters. The Bertz CT molecular complexity index is 88.8. The van der Waals surface area contributed by atoms with Crippen LogP contribution in [0.2, 0.25) is 0 Å². The van der Waals surface area contributed by atoms with Crippen LogP contribution >= 0.6 is 34.8 Å². The second kappa shape index (κ2) is 3.23. The van der Waals surface area contributed by atoms with Crippen LogP contribution in [0.3, 0.4) is 0 Å². The monoisotopic (exact) mass is 194 g/mol. The van der Waals surface area contributed by atoms with Gasteiger partial charge in [-0.2, -0.15) is 0 Å². The van der Waals surface area contributed by atoms with E-state index in [-0.39, 0.29) is 0 Å². The summed E-state index contributed by atoms with van der Waals surface area (Å²) in [5.41, 5.74) is 0. The van der Waals surface area contributed by atoms with Crippen molar-refractivity contribution in [3.63, 3.8) is 0 Å². The lowest BCUT2D eigenvalue weighted by molar-refractivity contribution is -0.309. The first-order chi connectivity index (χ1) is 3.85. The van der Waals surface area contributed by atoms with Crippen LogP contribution in [0.1, 0.15) is 0 Å². The van der Waals surface area contributed by atoms with Crippen LogP contribution in [0, 0.1) is 0 Å². The zero-order chi connectivity index (χ0) is 7.65. The normalized spacial score (nSPS) is 16.3. The second-order valence-electron chi connectivity index (χ2n) is 1.42. The van der Waals surface area contributed by atoms with E-state index in [1.165, 1.54) is 0 Å². The molecule has 0 spiro atoms. The van der Waals surface area contributed by atoms with E-state index in [0.29, 0.717) is 0 Å². The lowest BCUT2D eigenvalue weighted by Crippen LogP contribution is -2.41. The third-order valence-corrected chi connectivity index (χ3v) is 1.90. The van der Waals surface area contributed by atoms with Crippen LogP contribution in [0.15, 0.2) is 0 Å². The predicted octanol–water partition coefficient (Wildman–Crippen LogP) is 0.0282. The molecule has 3 N–H and O–H groups in total. The molecule has 0 aliphatic carbocycles. The molecule has 0 aliphatic rings. The molecular formula is C3H5Cl3O3. The number of halogens is 3. The molecule has 0 radical (unpaired) electrons. The molecule has 0 fully saturated rings. The maximum Gasteiger partial charge on any atom is 0.295 e. The van der Waals surface area contributed by atoms with Crippen molar-refractivity contribution in [2.75, 3.05) is 0 Å². The Morgan fingerprint density at radius 3 is 1.33 bits per heavy atom. The fourth-order valence-corrected chi connectivity index (χ4v) is 0.507. The first kappa shape index (κ1) is 9.75. The first-order valence-electron chi connectivity index (χ1n) is 1.95. The van der Waals surface area contributed by atoms with Gasteiger partial charge in [-0.3, -0.25) is 0 Å². The van der Waals surface area contributed by atoms with Crippen molar-refractivity contribution in [1.82, 2.24) is 0 Å². The van der Waals surface area contributed by atoms with Crippen molar-refractivity contribution in [1.29, 1.82) is 0 Å². The Morgan fingerprint density at radius 1 is 1.00 bits per heavy atom. The van der Waals surface area contributed by atoms with Crippen molar-refractivity contribution in [3.05, 3.63) is 0 Å². The van der Waals surface area contributed by atoms with Crippen LogP contribution < -0.4 is 0 Å². The van der Waals surface area contributed by atoms with Crippen LogP contribution in [0.25, 0.3) is 0 Å². The first-order valence-corrected chi connectivity index (χ1v) is 3.26. The van der Waals surface area contributed by atoms with Crippen molar-refractivity contribution in [2.45, 2.75) is 16.2 Å². The van der Waals surface area contributed by atoms with Gasteiger partial charge < -0.3 is 15.3 Å². The highest BCUT2D eigenvalue weighted by Crippen LogP contribution is 2.21. The van der Waals surface area contributed by atoms with Gasteiger partial charge in [-0.15, -0.1) is 34.8 Å². The molecular weight excluding hydrogens is 190 g/mol. The van der Waals surface area contributed by atoms with E-state index in [0.717, 1.165) is 0 Å². The summed E-state index contributed by atoms with van der Waals surface area (Å²) in [5, 5.41) is 23.3. The van der Waals surface area contributed by atoms with Gasteiger partial charge in [0, 0.05) is 0 Å². The highest BCUT2D eigenvalue weighted by molar-refractivity contribution is 6.48. The lowest BCUT2D eigenvalue weighted by Gasteiger charge is -2.20. The minimum Gasteiger partial charge on any atom is -0.342 e. The Morgan fingerprint density at radius 2 is 1.33 bits per heavy atom. The maximum absolute atomic E-state index is 8.27. The standard InChI is InChI=1S/C3H5Cl3O3/c4-1(2(5)6)3(7,8)9/h1-2,7-9H. The summed E-state index contributed by atoms with van der Waals surface area (Å²) in [4.78, 5) is -1.23. The van der Waals surface area contributed by atoms with Crippen molar-refractivity contribution in [3.8, 4) is 0 Å². The molecule has 0 aromatic rings. The third kappa shape index (κ3) is 3.45. The SMILES string of the molecule is OC(O)(O)C(Cl)C(Cl)Cl. The number of alkyl halides is 3.